The van der Waals surface area contributed by atoms with E-state index < -0.39 is 35.5 Å². The number of carbonyl (C=O) groups excluding carboxylic acids is 2. The van der Waals surface area contributed by atoms with E-state index in [1.165, 1.54) is 18.3 Å². The quantitative estimate of drug-likeness (QED) is 0.285. The van der Waals surface area contributed by atoms with Gasteiger partial charge in [-0.25, -0.2) is 4.79 Å². The summed E-state index contributed by atoms with van der Waals surface area (Å²) < 4.78 is 49.5. The summed E-state index contributed by atoms with van der Waals surface area (Å²) in [6.45, 7) is 1.52. The minimum Gasteiger partial charge on any atom is -0.465 e. The maximum absolute atomic E-state index is 13.6. The number of hydrogen-bond acceptors (Lipinski definition) is 5. The number of ether oxygens (including phenoxy) is 2. The number of benzene rings is 3. The van der Waals surface area contributed by atoms with E-state index in [2.05, 4.69) is 16.8 Å². The van der Waals surface area contributed by atoms with Gasteiger partial charge in [-0.2, -0.15) is 13.2 Å². The maximum Gasteiger partial charge on any atom is 0.416 e. The fourth-order valence-corrected chi connectivity index (χ4v) is 3.98. The Bertz CT molecular complexity index is 1430. The average molecular weight is 532 g/mol. The van der Waals surface area contributed by atoms with Gasteiger partial charge in [0.15, 0.2) is 0 Å². The van der Waals surface area contributed by atoms with Gasteiger partial charge in [-0.15, -0.1) is 0 Å². The van der Waals surface area contributed by atoms with Crippen LogP contribution in [-0.4, -0.2) is 24.8 Å². The van der Waals surface area contributed by atoms with E-state index in [9.17, 15) is 22.8 Å². The summed E-state index contributed by atoms with van der Waals surface area (Å²) in [5.41, 5.74) is 1.22. The van der Waals surface area contributed by atoms with E-state index >= 15 is 0 Å². The van der Waals surface area contributed by atoms with Crippen molar-refractivity contribution in [2.24, 2.45) is 16.8 Å². The lowest BCUT2D eigenvalue weighted by molar-refractivity contribution is -0.146. The molecular weight excluding hydrogens is 507 g/mol. The van der Waals surface area contributed by atoms with Gasteiger partial charge in [-0.05, 0) is 36.8 Å². The van der Waals surface area contributed by atoms with Crippen LogP contribution in [0.25, 0.3) is 5.70 Å². The van der Waals surface area contributed by atoms with Crippen molar-refractivity contribution < 1.29 is 32.2 Å². The zero-order valence-corrected chi connectivity index (χ0v) is 20.9. The van der Waals surface area contributed by atoms with Crippen LogP contribution in [0, 0.1) is 23.7 Å². The molecule has 0 saturated heterocycles. The Labute approximate surface area is 224 Å². The lowest BCUT2D eigenvalue weighted by atomic mass is 9.82. The van der Waals surface area contributed by atoms with E-state index in [1.54, 1.807) is 43.3 Å². The van der Waals surface area contributed by atoms with Gasteiger partial charge in [0.2, 0.25) is 0 Å². The second kappa shape index (κ2) is 12.3. The van der Waals surface area contributed by atoms with Gasteiger partial charge in [-0.3, -0.25) is 9.79 Å². The van der Waals surface area contributed by atoms with Gasteiger partial charge < -0.3 is 9.47 Å². The predicted molar refractivity (Wildman–Crippen MR) is 140 cm³/mol. The highest BCUT2D eigenvalue weighted by Gasteiger charge is 2.39. The van der Waals surface area contributed by atoms with Crippen LogP contribution >= 0.6 is 0 Å². The minimum atomic E-state index is -4.47. The Morgan fingerprint density at radius 2 is 1.54 bits per heavy atom. The first-order chi connectivity index (χ1) is 18.8. The highest BCUT2D eigenvalue weighted by molar-refractivity contribution is 6.05. The molecular formula is C31H24F3NO4. The van der Waals surface area contributed by atoms with Crippen molar-refractivity contribution in [3.8, 4) is 11.8 Å². The summed E-state index contributed by atoms with van der Waals surface area (Å²) >= 11 is 0. The van der Waals surface area contributed by atoms with Crippen LogP contribution < -0.4 is 0 Å². The van der Waals surface area contributed by atoms with Crippen molar-refractivity contribution in [2.45, 2.75) is 19.7 Å². The second-order valence-corrected chi connectivity index (χ2v) is 8.57. The molecule has 1 heterocycles. The van der Waals surface area contributed by atoms with E-state index in [0.29, 0.717) is 22.4 Å². The van der Waals surface area contributed by atoms with Crippen LogP contribution in [0.2, 0.25) is 0 Å². The number of aliphatic imine (C=N–C) groups is 1. The Morgan fingerprint density at radius 1 is 0.897 bits per heavy atom. The third-order valence-electron chi connectivity index (χ3n) is 5.91. The molecule has 1 aliphatic heterocycles. The van der Waals surface area contributed by atoms with Gasteiger partial charge >= 0.3 is 18.1 Å². The zero-order valence-electron chi connectivity index (χ0n) is 20.9. The molecule has 5 nitrogen and oxygen atoms in total. The maximum atomic E-state index is 13.6. The second-order valence-electron chi connectivity index (χ2n) is 8.57. The summed E-state index contributed by atoms with van der Waals surface area (Å²) in [6.07, 6.45) is -3.05. The highest BCUT2D eigenvalue weighted by Crippen LogP contribution is 2.35. The number of alkyl halides is 3. The first-order valence-corrected chi connectivity index (χ1v) is 12.2. The highest BCUT2D eigenvalue weighted by atomic mass is 19.4. The van der Waals surface area contributed by atoms with Crippen LogP contribution in [0.4, 0.5) is 13.2 Å². The lowest BCUT2D eigenvalue weighted by Crippen LogP contribution is -2.33. The van der Waals surface area contributed by atoms with E-state index in [-0.39, 0.29) is 18.8 Å². The molecule has 0 fully saturated rings. The number of carbonyl (C=O) groups is 2. The van der Waals surface area contributed by atoms with E-state index in [1.807, 2.05) is 24.3 Å². The summed E-state index contributed by atoms with van der Waals surface area (Å²) in [5.74, 6) is 2.79. The Kier molecular flexibility index (Phi) is 8.62. The van der Waals surface area contributed by atoms with Crippen LogP contribution in [0.15, 0.2) is 95.5 Å². The van der Waals surface area contributed by atoms with Crippen molar-refractivity contribution >= 4 is 23.9 Å². The Balaban J connectivity index is 1.73. The first-order valence-electron chi connectivity index (χ1n) is 12.2. The summed E-state index contributed by atoms with van der Waals surface area (Å²) in [7, 11) is 0. The number of nitrogens with zero attached hydrogens (tertiary/aromatic N) is 1. The molecule has 198 valence electrons. The van der Waals surface area contributed by atoms with Gasteiger partial charge in [0.05, 0.1) is 29.4 Å². The van der Waals surface area contributed by atoms with Crippen LogP contribution in [-0.2, 0) is 31.8 Å². The van der Waals surface area contributed by atoms with Gasteiger partial charge in [0.1, 0.15) is 12.5 Å². The molecule has 0 bridgehead atoms. The van der Waals surface area contributed by atoms with Crippen molar-refractivity contribution in [3.63, 3.8) is 0 Å². The van der Waals surface area contributed by atoms with Gasteiger partial charge in [0.25, 0.3) is 0 Å². The molecule has 39 heavy (non-hydrogen) atoms. The third kappa shape index (κ3) is 6.82. The van der Waals surface area contributed by atoms with Crippen LogP contribution in [0.1, 0.15) is 29.2 Å². The van der Waals surface area contributed by atoms with Crippen molar-refractivity contribution in [1.82, 2.24) is 0 Å². The number of halogens is 3. The molecule has 4 rings (SSSR count). The smallest absolute Gasteiger partial charge is 0.416 e. The first kappa shape index (κ1) is 27.4. The molecule has 0 spiro atoms. The molecule has 0 amide bonds. The number of hydrogen-bond donors (Lipinski definition) is 0. The molecule has 0 N–H and O–H groups in total. The number of esters is 2. The average Bonchev–Trinajstić information content (AvgIpc) is 2.95. The minimum absolute atomic E-state index is 0.0668. The Hall–Kier alpha value is -4.64. The largest absolute Gasteiger partial charge is 0.465 e. The third-order valence-corrected chi connectivity index (χ3v) is 5.91. The summed E-state index contributed by atoms with van der Waals surface area (Å²) in [6, 6.07) is 22.3. The molecule has 8 heteroatoms. The van der Waals surface area contributed by atoms with Crippen molar-refractivity contribution in [2.75, 3.05) is 6.61 Å². The molecule has 2 unspecified atom stereocenters. The van der Waals surface area contributed by atoms with E-state index in [4.69, 9.17) is 9.47 Å². The molecule has 0 aliphatic carbocycles. The van der Waals surface area contributed by atoms with Crippen molar-refractivity contribution in [3.05, 3.63) is 113 Å². The predicted octanol–water partition coefficient (Wildman–Crippen LogP) is 6.09. The normalized spacial score (nSPS) is 16.7. The molecule has 0 aromatic heterocycles. The molecule has 0 radical (unpaired) electrons. The van der Waals surface area contributed by atoms with Gasteiger partial charge in [-0.1, -0.05) is 72.5 Å². The summed E-state index contributed by atoms with van der Waals surface area (Å²) in [5, 5.41) is 0. The van der Waals surface area contributed by atoms with Gasteiger partial charge in [0, 0.05) is 17.3 Å². The topological polar surface area (TPSA) is 65.0 Å². The fraction of sp³-hybridized carbons (Fsp3) is 0.194. The number of rotatable bonds is 6. The standard InChI is InChI=1S/C31H24F3NO4/c1-2-38-29(36)26-19-35-28(23-11-7-4-8-12-23)27(25(26)18-15-21-9-5-3-6-10-21)30(37)39-20-22-13-16-24(17-14-22)31(32,33)34/h3-14,16-17,19,25-26H,2,20H2,1H3. The van der Waals surface area contributed by atoms with Crippen LogP contribution in [0.5, 0.6) is 0 Å². The molecule has 3 aromatic rings. The van der Waals surface area contributed by atoms with Crippen molar-refractivity contribution in [1.29, 1.82) is 0 Å². The molecule has 3 aromatic carbocycles. The van der Waals surface area contributed by atoms with Crippen LogP contribution in [0.3, 0.4) is 0 Å². The SMILES string of the molecule is CCOC(=O)C1C=NC(c2ccccc2)=C(C(=O)OCc2ccc(C(F)(F)F)cc2)C1C#Cc1ccccc1. The lowest BCUT2D eigenvalue weighted by Gasteiger charge is -2.26. The Morgan fingerprint density at radius 3 is 2.15 bits per heavy atom. The summed E-state index contributed by atoms with van der Waals surface area (Å²) in [4.78, 5) is 30.9. The monoisotopic (exact) mass is 531 g/mol. The fourth-order valence-electron chi connectivity index (χ4n) is 3.98. The molecule has 2 atom stereocenters. The van der Waals surface area contributed by atoms with E-state index in [0.717, 1.165) is 12.1 Å². The zero-order chi connectivity index (χ0) is 27.8. The molecule has 0 saturated carbocycles. The molecule has 1 aliphatic rings.